The molecule has 0 aromatic carbocycles. The zero-order valence-electron chi connectivity index (χ0n) is 11.5. The van der Waals surface area contributed by atoms with Crippen molar-refractivity contribution in [3.8, 4) is 0 Å². The number of rotatable bonds is 3. The summed E-state index contributed by atoms with van der Waals surface area (Å²) in [4.78, 5) is 0. The van der Waals surface area contributed by atoms with Crippen molar-refractivity contribution in [2.45, 2.75) is 70.1 Å². The quantitative estimate of drug-likeness (QED) is 0.913. The topological polar surface area (TPSA) is 47.0 Å². The van der Waals surface area contributed by atoms with E-state index in [0.717, 1.165) is 11.6 Å². The van der Waals surface area contributed by atoms with Crippen molar-refractivity contribution < 1.29 is 4.74 Å². The lowest BCUT2D eigenvalue weighted by atomic mass is 9.95. The number of aromatic nitrogens is 2. The smallest absolute Gasteiger partial charge is 0.206 e. The van der Waals surface area contributed by atoms with Gasteiger partial charge in [0.2, 0.25) is 5.13 Å². The Kier molecular flexibility index (Phi) is 2.68. The highest BCUT2D eigenvalue weighted by atomic mass is 32.1. The van der Waals surface area contributed by atoms with Crippen molar-refractivity contribution >= 4 is 16.5 Å². The molecule has 1 atom stereocenters. The fourth-order valence-corrected chi connectivity index (χ4v) is 3.69. The van der Waals surface area contributed by atoms with Crippen LogP contribution in [0.25, 0.3) is 0 Å². The van der Waals surface area contributed by atoms with Crippen LogP contribution in [0.4, 0.5) is 5.13 Å². The monoisotopic (exact) mass is 267 g/mol. The van der Waals surface area contributed by atoms with Gasteiger partial charge in [0, 0.05) is 5.92 Å². The van der Waals surface area contributed by atoms with Crippen LogP contribution in [0.2, 0.25) is 0 Å². The van der Waals surface area contributed by atoms with Gasteiger partial charge in [-0.25, -0.2) is 0 Å². The minimum atomic E-state index is -0.158. The second-order valence-electron chi connectivity index (χ2n) is 6.59. The molecular formula is C13H21N3OS. The molecule has 5 heteroatoms. The molecule has 1 unspecified atom stereocenters. The van der Waals surface area contributed by atoms with E-state index >= 15 is 0 Å². The Morgan fingerprint density at radius 2 is 1.94 bits per heavy atom. The number of anilines is 1. The van der Waals surface area contributed by atoms with E-state index in [2.05, 4.69) is 43.2 Å². The van der Waals surface area contributed by atoms with Crippen molar-refractivity contribution in [2.75, 3.05) is 5.32 Å². The molecule has 2 fully saturated rings. The number of ether oxygens (including phenoxy) is 1. The van der Waals surface area contributed by atoms with Crippen LogP contribution in [0.15, 0.2) is 0 Å². The van der Waals surface area contributed by atoms with Gasteiger partial charge in [0.25, 0.3) is 0 Å². The zero-order chi connectivity index (χ0) is 13.0. The summed E-state index contributed by atoms with van der Waals surface area (Å²) in [7, 11) is 0. The van der Waals surface area contributed by atoms with Crippen LogP contribution >= 0.6 is 11.3 Å². The summed E-state index contributed by atoms with van der Waals surface area (Å²) < 4.78 is 6.08. The Morgan fingerprint density at radius 1 is 1.22 bits per heavy atom. The van der Waals surface area contributed by atoms with Gasteiger partial charge < -0.3 is 10.1 Å². The average molecular weight is 267 g/mol. The minimum Gasteiger partial charge on any atom is -0.367 e. The molecule has 100 valence electrons. The van der Waals surface area contributed by atoms with Crippen molar-refractivity contribution in [3.05, 3.63) is 5.01 Å². The summed E-state index contributed by atoms with van der Waals surface area (Å²) in [5, 5.41) is 14.2. The van der Waals surface area contributed by atoms with Gasteiger partial charge in [-0.15, -0.1) is 10.2 Å². The Labute approximate surface area is 112 Å². The van der Waals surface area contributed by atoms with Crippen LogP contribution in [0.1, 0.15) is 57.9 Å². The Morgan fingerprint density at radius 3 is 2.50 bits per heavy atom. The molecule has 2 aliphatic rings. The largest absolute Gasteiger partial charge is 0.367 e. The molecule has 3 rings (SSSR count). The van der Waals surface area contributed by atoms with Crippen molar-refractivity contribution in [2.24, 2.45) is 0 Å². The van der Waals surface area contributed by atoms with Crippen LogP contribution in [-0.2, 0) is 4.74 Å². The van der Waals surface area contributed by atoms with Gasteiger partial charge in [0.15, 0.2) is 0 Å². The third-order valence-corrected chi connectivity index (χ3v) is 4.76. The van der Waals surface area contributed by atoms with Crippen LogP contribution in [0, 0.1) is 0 Å². The lowest BCUT2D eigenvalue weighted by Crippen LogP contribution is -2.38. The Balaban J connectivity index is 1.71. The van der Waals surface area contributed by atoms with Crippen molar-refractivity contribution in [3.63, 3.8) is 0 Å². The molecule has 1 aliphatic carbocycles. The standard InChI is InChI=1S/C13H21N3OS/c1-12(2)7-9(13(3,4)17-12)14-11-16-15-10(18-11)8-5-6-8/h8-9H,5-7H2,1-4H3,(H,14,16). The summed E-state index contributed by atoms with van der Waals surface area (Å²) >= 11 is 1.70. The Bertz CT molecular complexity index is 451. The van der Waals surface area contributed by atoms with Gasteiger partial charge >= 0.3 is 0 Å². The van der Waals surface area contributed by atoms with E-state index in [1.165, 1.54) is 17.8 Å². The van der Waals surface area contributed by atoms with E-state index in [9.17, 15) is 0 Å². The molecule has 2 heterocycles. The molecular weight excluding hydrogens is 246 g/mol. The molecule has 0 radical (unpaired) electrons. The normalized spacial score (nSPS) is 29.4. The van der Waals surface area contributed by atoms with Crippen molar-refractivity contribution in [1.29, 1.82) is 0 Å². The first-order valence-electron chi connectivity index (χ1n) is 6.66. The number of nitrogens with zero attached hydrogens (tertiary/aromatic N) is 2. The van der Waals surface area contributed by atoms with E-state index in [4.69, 9.17) is 4.74 Å². The lowest BCUT2D eigenvalue weighted by molar-refractivity contribution is -0.0662. The maximum absolute atomic E-state index is 6.08. The Hall–Kier alpha value is -0.680. The highest BCUT2D eigenvalue weighted by Crippen LogP contribution is 2.43. The molecule has 1 saturated carbocycles. The molecule has 0 amide bonds. The fourth-order valence-electron chi connectivity index (χ4n) is 2.72. The number of nitrogens with one attached hydrogen (secondary N) is 1. The van der Waals surface area contributed by atoms with Gasteiger partial charge in [0.05, 0.1) is 17.2 Å². The highest BCUT2D eigenvalue weighted by Gasteiger charge is 2.46. The van der Waals surface area contributed by atoms with Gasteiger partial charge in [-0.2, -0.15) is 0 Å². The average Bonchev–Trinajstić information content (AvgIpc) is 2.92. The minimum absolute atomic E-state index is 0.0643. The maximum atomic E-state index is 6.08. The first kappa shape index (κ1) is 12.4. The van der Waals surface area contributed by atoms with Crippen LogP contribution in [0.5, 0.6) is 0 Å². The summed E-state index contributed by atoms with van der Waals surface area (Å²) in [5.41, 5.74) is -0.222. The van der Waals surface area contributed by atoms with Gasteiger partial charge in [-0.3, -0.25) is 0 Å². The molecule has 1 aromatic rings. The van der Waals surface area contributed by atoms with Gasteiger partial charge in [-0.05, 0) is 47.0 Å². The molecule has 18 heavy (non-hydrogen) atoms. The maximum Gasteiger partial charge on any atom is 0.206 e. The number of hydrogen-bond acceptors (Lipinski definition) is 5. The van der Waals surface area contributed by atoms with Crippen LogP contribution < -0.4 is 5.32 Å². The third kappa shape index (κ3) is 2.38. The second kappa shape index (κ2) is 3.90. The van der Waals surface area contributed by atoms with E-state index in [0.29, 0.717) is 12.0 Å². The van der Waals surface area contributed by atoms with E-state index in [-0.39, 0.29) is 11.2 Å². The van der Waals surface area contributed by atoms with E-state index in [1.54, 1.807) is 11.3 Å². The predicted molar refractivity (Wildman–Crippen MR) is 73.2 cm³/mol. The van der Waals surface area contributed by atoms with Crippen molar-refractivity contribution in [1.82, 2.24) is 10.2 Å². The van der Waals surface area contributed by atoms with E-state index in [1.807, 2.05) is 0 Å². The molecule has 0 spiro atoms. The summed E-state index contributed by atoms with van der Waals surface area (Å²) in [5.74, 6) is 0.683. The first-order valence-corrected chi connectivity index (χ1v) is 7.47. The second-order valence-corrected chi connectivity index (χ2v) is 7.60. The van der Waals surface area contributed by atoms with Gasteiger partial charge in [-0.1, -0.05) is 11.3 Å². The first-order chi connectivity index (χ1) is 8.36. The van der Waals surface area contributed by atoms with E-state index < -0.39 is 0 Å². The summed E-state index contributed by atoms with van der Waals surface area (Å²) in [6.07, 6.45) is 3.55. The zero-order valence-corrected chi connectivity index (χ0v) is 12.3. The fraction of sp³-hybridized carbons (Fsp3) is 0.846. The third-order valence-electron chi connectivity index (χ3n) is 3.74. The number of hydrogen-bond donors (Lipinski definition) is 1. The molecule has 0 bridgehead atoms. The molecule has 1 aromatic heterocycles. The summed E-state index contributed by atoms with van der Waals surface area (Å²) in [6, 6.07) is 0.299. The van der Waals surface area contributed by atoms with Crippen LogP contribution in [-0.4, -0.2) is 27.4 Å². The molecule has 1 N–H and O–H groups in total. The lowest BCUT2D eigenvalue weighted by Gasteiger charge is -2.27. The summed E-state index contributed by atoms with van der Waals surface area (Å²) in [6.45, 7) is 8.57. The molecule has 4 nitrogen and oxygen atoms in total. The predicted octanol–water partition coefficient (Wildman–Crippen LogP) is 3.17. The molecule has 1 aliphatic heterocycles. The molecule has 1 saturated heterocycles. The van der Waals surface area contributed by atoms with Crippen LogP contribution in [0.3, 0.4) is 0 Å². The highest BCUT2D eigenvalue weighted by molar-refractivity contribution is 7.15. The van der Waals surface area contributed by atoms with Gasteiger partial charge in [0.1, 0.15) is 5.01 Å². The SMILES string of the molecule is CC1(C)CC(Nc2nnc(C3CC3)s2)C(C)(C)O1.